The zero-order chi connectivity index (χ0) is 19.3. The molecule has 0 bridgehead atoms. The molecule has 2 rings (SSSR count). The number of rotatable bonds is 6. The first-order valence-electron chi connectivity index (χ1n) is 7.65. The van der Waals surface area contributed by atoms with Crippen LogP contribution in [0.25, 0.3) is 0 Å². The number of hydrogen-bond donors (Lipinski definition) is 1. The fraction of sp³-hybridized carbons (Fsp3) is 0.222. The van der Waals surface area contributed by atoms with Crippen molar-refractivity contribution in [3.63, 3.8) is 0 Å². The third-order valence-corrected chi connectivity index (χ3v) is 3.33. The van der Waals surface area contributed by atoms with Gasteiger partial charge in [-0.15, -0.1) is 0 Å². The molecule has 0 saturated carbocycles. The Labute approximate surface area is 147 Å². The van der Waals surface area contributed by atoms with Crippen LogP contribution in [0.1, 0.15) is 13.8 Å². The summed E-state index contributed by atoms with van der Waals surface area (Å²) < 4.78 is 50.1. The molecule has 0 fully saturated rings. The van der Waals surface area contributed by atoms with Crippen molar-refractivity contribution in [1.29, 1.82) is 0 Å². The van der Waals surface area contributed by atoms with Crippen LogP contribution in [0, 0.1) is 17.5 Å². The van der Waals surface area contributed by atoms with Crippen LogP contribution in [0.2, 0.25) is 0 Å². The first-order valence-corrected chi connectivity index (χ1v) is 7.65. The molecular formula is C18H16F3NO4. The lowest BCUT2D eigenvalue weighted by atomic mass is 10.2. The standard InChI is InChI=1S/C18H16F3NO4/c1-10(17(23)22-16-14(20)4-3-5-15(16)21)26-18(24)11(2)25-13-8-6-12(19)7-9-13/h3-11H,1-2H3,(H,22,23)/t10-,11-/m1/s1. The van der Waals surface area contributed by atoms with E-state index < -0.39 is 47.2 Å². The molecular weight excluding hydrogens is 351 g/mol. The maximum Gasteiger partial charge on any atom is 0.347 e. The Hall–Kier alpha value is -3.03. The van der Waals surface area contributed by atoms with Gasteiger partial charge >= 0.3 is 5.97 Å². The summed E-state index contributed by atoms with van der Waals surface area (Å²) >= 11 is 0. The average Bonchev–Trinajstić information content (AvgIpc) is 2.59. The van der Waals surface area contributed by atoms with Crippen LogP contribution in [0.5, 0.6) is 5.75 Å². The number of benzene rings is 2. The average molecular weight is 367 g/mol. The van der Waals surface area contributed by atoms with Crippen molar-refractivity contribution in [2.75, 3.05) is 5.32 Å². The predicted octanol–water partition coefficient (Wildman–Crippen LogP) is 3.44. The highest BCUT2D eigenvalue weighted by molar-refractivity contribution is 5.95. The van der Waals surface area contributed by atoms with Crippen molar-refractivity contribution < 1.29 is 32.2 Å². The number of amides is 1. The molecule has 0 unspecified atom stereocenters. The van der Waals surface area contributed by atoms with Crippen LogP contribution in [-0.4, -0.2) is 24.1 Å². The quantitative estimate of drug-likeness (QED) is 0.795. The largest absolute Gasteiger partial charge is 0.479 e. The molecule has 0 saturated heterocycles. The molecule has 0 spiro atoms. The van der Waals surface area contributed by atoms with Gasteiger partial charge in [0, 0.05) is 0 Å². The molecule has 0 aromatic heterocycles. The number of carbonyl (C=O) groups excluding carboxylic acids is 2. The molecule has 0 aliphatic heterocycles. The SMILES string of the molecule is C[C@@H](OC(=O)[C@@H](C)Oc1ccc(F)cc1)C(=O)Nc1c(F)cccc1F. The van der Waals surface area contributed by atoms with Gasteiger partial charge in [-0.2, -0.15) is 0 Å². The van der Waals surface area contributed by atoms with Crippen LogP contribution >= 0.6 is 0 Å². The summed E-state index contributed by atoms with van der Waals surface area (Å²) in [6, 6.07) is 8.09. The van der Waals surface area contributed by atoms with E-state index >= 15 is 0 Å². The van der Waals surface area contributed by atoms with E-state index in [0.717, 1.165) is 30.3 Å². The maximum absolute atomic E-state index is 13.5. The van der Waals surface area contributed by atoms with Gasteiger partial charge in [0.1, 0.15) is 28.9 Å². The number of esters is 1. The molecule has 0 aliphatic carbocycles. The second kappa shape index (κ2) is 8.37. The van der Waals surface area contributed by atoms with Gasteiger partial charge < -0.3 is 14.8 Å². The highest BCUT2D eigenvalue weighted by atomic mass is 19.1. The lowest BCUT2D eigenvalue weighted by Gasteiger charge is -2.18. The van der Waals surface area contributed by atoms with E-state index in [1.165, 1.54) is 26.0 Å². The van der Waals surface area contributed by atoms with Gasteiger partial charge in [0.2, 0.25) is 0 Å². The molecule has 8 heteroatoms. The monoisotopic (exact) mass is 367 g/mol. The normalized spacial score (nSPS) is 12.8. The Morgan fingerprint density at radius 1 is 0.923 bits per heavy atom. The third-order valence-electron chi connectivity index (χ3n) is 3.33. The highest BCUT2D eigenvalue weighted by Crippen LogP contribution is 2.19. The molecule has 2 atom stereocenters. The zero-order valence-corrected chi connectivity index (χ0v) is 14.0. The Bertz CT molecular complexity index is 775. The van der Waals surface area contributed by atoms with Crippen molar-refractivity contribution in [2.24, 2.45) is 0 Å². The van der Waals surface area contributed by atoms with Crippen LogP contribution < -0.4 is 10.1 Å². The summed E-state index contributed by atoms with van der Waals surface area (Å²) in [5.74, 6) is -3.91. The number of anilines is 1. The summed E-state index contributed by atoms with van der Waals surface area (Å²) in [6.45, 7) is 2.63. The third kappa shape index (κ3) is 4.98. The van der Waals surface area contributed by atoms with E-state index in [2.05, 4.69) is 0 Å². The maximum atomic E-state index is 13.5. The molecule has 2 aromatic rings. The summed E-state index contributed by atoms with van der Waals surface area (Å²) in [4.78, 5) is 23.9. The molecule has 26 heavy (non-hydrogen) atoms. The minimum Gasteiger partial charge on any atom is -0.479 e. The van der Waals surface area contributed by atoms with Gasteiger partial charge in [0.15, 0.2) is 12.2 Å². The minimum absolute atomic E-state index is 0.237. The Morgan fingerprint density at radius 3 is 2.08 bits per heavy atom. The molecule has 1 N–H and O–H groups in total. The van der Waals surface area contributed by atoms with Crippen molar-refractivity contribution in [1.82, 2.24) is 0 Å². The van der Waals surface area contributed by atoms with E-state index in [9.17, 15) is 22.8 Å². The number of ether oxygens (including phenoxy) is 2. The van der Waals surface area contributed by atoms with Gasteiger partial charge in [-0.1, -0.05) is 6.07 Å². The first-order chi connectivity index (χ1) is 12.3. The topological polar surface area (TPSA) is 64.6 Å². The molecule has 1 amide bonds. The molecule has 138 valence electrons. The second-order valence-electron chi connectivity index (χ2n) is 5.38. The van der Waals surface area contributed by atoms with Crippen LogP contribution in [0.4, 0.5) is 18.9 Å². The fourth-order valence-corrected chi connectivity index (χ4v) is 1.93. The van der Waals surface area contributed by atoms with Crippen molar-refractivity contribution in [3.8, 4) is 5.75 Å². The van der Waals surface area contributed by atoms with Crippen LogP contribution in [0.3, 0.4) is 0 Å². The Kier molecular flexibility index (Phi) is 6.21. The van der Waals surface area contributed by atoms with Crippen molar-refractivity contribution in [2.45, 2.75) is 26.1 Å². The summed E-state index contributed by atoms with van der Waals surface area (Å²) in [6.07, 6.45) is -2.40. The molecule has 0 radical (unpaired) electrons. The fourth-order valence-electron chi connectivity index (χ4n) is 1.93. The smallest absolute Gasteiger partial charge is 0.347 e. The van der Waals surface area contributed by atoms with Crippen molar-refractivity contribution >= 4 is 17.6 Å². The second-order valence-corrected chi connectivity index (χ2v) is 5.38. The van der Waals surface area contributed by atoms with Crippen LogP contribution in [0.15, 0.2) is 42.5 Å². The van der Waals surface area contributed by atoms with Gasteiger partial charge in [0.25, 0.3) is 5.91 Å². The summed E-state index contributed by atoms with van der Waals surface area (Å²) in [5.41, 5.74) is -0.629. The van der Waals surface area contributed by atoms with Crippen molar-refractivity contribution in [3.05, 3.63) is 59.9 Å². The number of para-hydroxylation sites is 1. The van der Waals surface area contributed by atoms with Gasteiger partial charge in [-0.05, 0) is 50.2 Å². The molecule has 5 nitrogen and oxygen atoms in total. The minimum atomic E-state index is -1.32. The lowest BCUT2D eigenvalue weighted by Crippen LogP contribution is -2.35. The molecule has 0 heterocycles. The molecule has 0 aliphatic rings. The van der Waals surface area contributed by atoms with E-state index in [1.807, 2.05) is 5.32 Å². The van der Waals surface area contributed by atoms with Gasteiger partial charge in [-0.3, -0.25) is 4.79 Å². The number of halogens is 3. The summed E-state index contributed by atoms with van der Waals surface area (Å²) in [7, 11) is 0. The van der Waals surface area contributed by atoms with E-state index in [-0.39, 0.29) is 5.75 Å². The van der Waals surface area contributed by atoms with Gasteiger partial charge in [-0.25, -0.2) is 18.0 Å². The lowest BCUT2D eigenvalue weighted by molar-refractivity contribution is -0.159. The van der Waals surface area contributed by atoms with E-state index in [1.54, 1.807) is 0 Å². The van der Waals surface area contributed by atoms with E-state index in [4.69, 9.17) is 9.47 Å². The summed E-state index contributed by atoms with van der Waals surface area (Å²) in [5, 5.41) is 2.03. The Balaban J connectivity index is 1.93. The zero-order valence-electron chi connectivity index (χ0n) is 14.0. The van der Waals surface area contributed by atoms with E-state index in [0.29, 0.717) is 0 Å². The highest BCUT2D eigenvalue weighted by Gasteiger charge is 2.24. The molecule has 2 aromatic carbocycles. The predicted molar refractivity (Wildman–Crippen MR) is 87.0 cm³/mol. The van der Waals surface area contributed by atoms with Gasteiger partial charge in [0.05, 0.1) is 0 Å². The number of hydrogen-bond acceptors (Lipinski definition) is 4. The number of nitrogens with one attached hydrogen (secondary N) is 1. The first kappa shape index (κ1) is 19.3. The van der Waals surface area contributed by atoms with Crippen LogP contribution in [-0.2, 0) is 14.3 Å². The number of carbonyl (C=O) groups is 2. The Morgan fingerprint density at radius 2 is 1.50 bits per heavy atom.